The van der Waals surface area contributed by atoms with E-state index in [0.717, 1.165) is 44.2 Å². The molecule has 6 heteroatoms. The van der Waals surface area contributed by atoms with Gasteiger partial charge >= 0.3 is 0 Å². The molecule has 2 N–H and O–H groups in total. The van der Waals surface area contributed by atoms with E-state index < -0.39 is 0 Å². The molecule has 134 valence electrons. The number of nitrogens with zero attached hydrogens (tertiary/aromatic N) is 1. The number of rotatable bonds is 12. The summed E-state index contributed by atoms with van der Waals surface area (Å²) in [6, 6.07) is 3.93. The molecule has 0 saturated carbocycles. The third-order valence-electron chi connectivity index (χ3n) is 3.31. The van der Waals surface area contributed by atoms with Crippen molar-refractivity contribution in [1.29, 1.82) is 0 Å². The molecular formula is C17H32IN3OS. The molecule has 0 aromatic carbocycles. The lowest BCUT2D eigenvalue weighted by Crippen LogP contribution is -2.39. The molecule has 0 amide bonds. The minimum absolute atomic E-state index is 0. The molecule has 0 aliphatic rings. The number of unbranched alkanes of at least 4 members (excludes halogenated alkanes) is 3. The summed E-state index contributed by atoms with van der Waals surface area (Å²) in [6.07, 6.45) is 11.0. The lowest BCUT2D eigenvalue weighted by atomic mass is 10.2. The first kappa shape index (κ1) is 22.6. The second-order valence-electron chi connectivity index (χ2n) is 5.32. The SMILES string of the molecule is CCCN=C(NCCCCCCSC)NCCc1ccco1.I. The van der Waals surface area contributed by atoms with Crippen molar-refractivity contribution in [3.63, 3.8) is 0 Å². The molecule has 1 rings (SSSR count). The second-order valence-corrected chi connectivity index (χ2v) is 6.31. The normalized spacial score (nSPS) is 11.1. The van der Waals surface area contributed by atoms with E-state index in [1.54, 1.807) is 6.26 Å². The summed E-state index contributed by atoms with van der Waals surface area (Å²) in [4.78, 5) is 4.57. The summed E-state index contributed by atoms with van der Waals surface area (Å²) < 4.78 is 5.34. The second kappa shape index (κ2) is 16.5. The van der Waals surface area contributed by atoms with E-state index in [4.69, 9.17) is 4.42 Å². The Bertz CT molecular complexity index is 385. The van der Waals surface area contributed by atoms with Crippen molar-refractivity contribution in [2.24, 2.45) is 4.99 Å². The quantitative estimate of drug-likeness (QED) is 0.214. The summed E-state index contributed by atoms with van der Waals surface area (Å²) >= 11 is 1.93. The van der Waals surface area contributed by atoms with Crippen molar-refractivity contribution in [2.45, 2.75) is 45.4 Å². The van der Waals surface area contributed by atoms with E-state index in [2.05, 4.69) is 28.8 Å². The van der Waals surface area contributed by atoms with E-state index in [1.807, 2.05) is 23.9 Å². The zero-order chi connectivity index (χ0) is 15.9. The number of halogens is 1. The van der Waals surface area contributed by atoms with Gasteiger partial charge in [0.2, 0.25) is 0 Å². The summed E-state index contributed by atoms with van der Waals surface area (Å²) in [7, 11) is 0. The van der Waals surface area contributed by atoms with Crippen molar-refractivity contribution in [2.75, 3.05) is 31.6 Å². The van der Waals surface area contributed by atoms with Gasteiger partial charge in [0.15, 0.2) is 5.96 Å². The molecule has 0 atom stereocenters. The van der Waals surface area contributed by atoms with Gasteiger partial charge in [-0.1, -0.05) is 19.8 Å². The zero-order valence-corrected chi connectivity index (χ0v) is 17.6. The first-order valence-corrected chi connectivity index (χ1v) is 9.79. The van der Waals surface area contributed by atoms with Gasteiger partial charge in [0, 0.05) is 26.1 Å². The maximum atomic E-state index is 5.34. The molecule has 0 unspecified atom stereocenters. The van der Waals surface area contributed by atoms with E-state index in [1.165, 1.54) is 31.4 Å². The number of nitrogens with one attached hydrogen (secondary N) is 2. The Morgan fingerprint density at radius 1 is 1.17 bits per heavy atom. The molecule has 1 heterocycles. The van der Waals surface area contributed by atoms with Gasteiger partial charge in [-0.25, -0.2) is 0 Å². The van der Waals surface area contributed by atoms with Gasteiger partial charge in [-0.15, -0.1) is 24.0 Å². The van der Waals surface area contributed by atoms with Crippen LogP contribution in [0, 0.1) is 0 Å². The van der Waals surface area contributed by atoms with Crippen LogP contribution in [0.4, 0.5) is 0 Å². The van der Waals surface area contributed by atoms with Gasteiger partial charge in [-0.3, -0.25) is 4.99 Å². The number of guanidine groups is 1. The maximum Gasteiger partial charge on any atom is 0.191 e. The highest BCUT2D eigenvalue weighted by molar-refractivity contribution is 14.0. The van der Waals surface area contributed by atoms with Crippen LogP contribution in [0.3, 0.4) is 0 Å². The highest BCUT2D eigenvalue weighted by Gasteiger charge is 2.00. The minimum atomic E-state index is 0. The van der Waals surface area contributed by atoms with Crippen LogP contribution in [0.15, 0.2) is 27.8 Å². The Morgan fingerprint density at radius 2 is 1.96 bits per heavy atom. The van der Waals surface area contributed by atoms with Gasteiger partial charge in [0.1, 0.15) is 5.76 Å². The summed E-state index contributed by atoms with van der Waals surface area (Å²) in [5.74, 6) is 3.22. The van der Waals surface area contributed by atoms with E-state index >= 15 is 0 Å². The summed E-state index contributed by atoms with van der Waals surface area (Å²) in [5.41, 5.74) is 0. The molecule has 1 aromatic rings. The lowest BCUT2D eigenvalue weighted by molar-refractivity contribution is 0.506. The fraction of sp³-hybridized carbons (Fsp3) is 0.706. The van der Waals surface area contributed by atoms with Gasteiger partial charge in [0.25, 0.3) is 0 Å². The topological polar surface area (TPSA) is 49.6 Å². The Balaban J connectivity index is 0.00000484. The van der Waals surface area contributed by atoms with Crippen LogP contribution in [-0.2, 0) is 6.42 Å². The monoisotopic (exact) mass is 453 g/mol. The van der Waals surface area contributed by atoms with Crippen LogP contribution < -0.4 is 10.6 Å². The first-order chi connectivity index (χ1) is 10.9. The van der Waals surface area contributed by atoms with Crippen LogP contribution in [0.25, 0.3) is 0 Å². The average Bonchev–Trinajstić information content (AvgIpc) is 3.04. The third-order valence-corrected chi connectivity index (χ3v) is 4.00. The molecule has 0 spiro atoms. The maximum absolute atomic E-state index is 5.34. The Labute approximate surface area is 162 Å². The summed E-state index contributed by atoms with van der Waals surface area (Å²) in [6.45, 7) is 4.85. The highest BCUT2D eigenvalue weighted by Crippen LogP contribution is 2.04. The van der Waals surface area contributed by atoms with Gasteiger partial charge in [0.05, 0.1) is 6.26 Å². The zero-order valence-electron chi connectivity index (χ0n) is 14.5. The minimum Gasteiger partial charge on any atom is -0.469 e. The number of aliphatic imine (C=N–C) groups is 1. The van der Waals surface area contributed by atoms with Crippen molar-refractivity contribution < 1.29 is 4.42 Å². The molecule has 0 saturated heterocycles. The standard InChI is InChI=1S/C17H31N3OS.HI/c1-3-11-18-17(19-12-6-4-5-7-15-22-2)20-13-10-16-9-8-14-21-16;/h8-9,14H,3-7,10-13,15H2,1-2H3,(H2,18,19,20);1H. The molecule has 0 aliphatic heterocycles. The van der Waals surface area contributed by atoms with Crippen LogP contribution in [0.2, 0.25) is 0 Å². The number of hydrogen-bond acceptors (Lipinski definition) is 3. The number of furan rings is 1. The highest BCUT2D eigenvalue weighted by atomic mass is 127. The van der Waals surface area contributed by atoms with E-state index in [0.29, 0.717) is 0 Å². The van der Waals surface area contributed by atoms with Crippen molar-refractivity contribution >= 4 is 41.7 Å². The van der Waals surface area contributed by atoms with Crippen LogP contribution in [-0.4, -0.2) is 37.6 Å². The third kappa shape index (κ3) is 12.7. The van der Waals surface area contributed by atoms with Gasteiger partial charge in [-0.05, 0) is 43.4 Å². The number of hydrogen-bond donors (Lipinski definition) is 2. The molecular weight excluding hydrogens is 421 g/mol. The Hall–Kier alpha value is -0.370. The van der Waals surface area contributed by atoms with Crippen LogP contribution in [0.1, 0.15) is 44.8 Å². The predicted octanol–water partition coefficient (Wildman–Crippen LogP) is 4.31. The Morgan fingerprint density at radius 3 is 2.65 bits per heavy atom. The van der Waals surface area contributed by atoms with Crippen molar-refractivity contribution in [3.8, 4) is 0 Å². The molecule has 0 radical (unpaired) electrons. The smallest absolute Gasteiger partial charge is 0.191 e. The van der Waals surface area contributed by atoms with E-state index in [9.17, 15) is 0 Å². The first-order valence-electron chi connectivity index (χ1n) is 8.40. The average molecular weight is 453 g/mol. The molecule has 23 heavy (non-hydrogen) atoms. The molecule has 0 fully saturated rings. The largest absolute Gasteiger partial charge is 0.469 e. The fourth-order valence-corrected chi connectivity index (χ4v) is 2.58. The molecule has 0 bridgehead atoms. The number of thioether (sulfide) groups is 1. The molecule has 1 aromatic heterocycles. The van der Waals surface area contributed by atoms with Crippen molar-refractivity contribution in [3.05, 3.63) is 24.2 Å². The predicted molar refractivity (Wildman–Crippen MR) is 113 cm³/mol. The Kier molecular flexibility index (Phi) is 16.2. The summed E-state index contributed by atoms with van der Waals surface area (Å²) in [5, 5.41) is 6.81. The van der Waals surface area contributed by atoms with Gasteiger partial charge < -0.3 is 15.1 Å². The van der Waals surface area contributed by atoms with Crippen molar-refractivity contribution in [1.82, 2.24) is 10.6 Å². The molecule has 0 aliphatic carbocycles. The van der Waals surface area contributed by atoms with Crippen LogP contribution in [0.5, 0.6) is 0 Å². The lowest BCUT2D eigenvalue weighted by Gasteiger charge is -2.12. The van der Waals surface area contributed by atoms with E-state index in [-0.39, 0.29) is 24.0 Å². The molecule has 4 nitrogen and oxygen atoms in total. The van der Waals surface area contributed by atoms with Crippen LogP contribution >= 0.6 is 35.7 Å². The van der Waals surface area contributed by atoms with Gasteiger partial charge in [-0.2, -0.15) is 11.8 Å². The fourth-order valence-electron chi connectivity index (χ4n) is 2.09.